The number of aliphatic hydroxyl groups is 1. The van der Waals surface area contributed by atoms with Gasteiger partial charge in [0, 0.05) is 18.4 Å². The summed E-state index contributed by atoms with van der Waals surface area (Å²) in [6, 6.07) is 4.04. The van der Waals surface area contributed by atoms with Crippen LogP contribution in [0.3, 0.4) is 0 Å². The third kappa shape index (κ3) is 3.87. The van der Waals surface area contributed by atoms with Gasteiger partial charge in [0.1, 0.15) is 0 Å². The Morgan fingerprint density at radius 1 is 1.47 bits per heavy atom. The Balaban J connectivity index is 2.57. The van der Waals surface area contributed by atoms with Crippen molar-refractivity contribution in [3.8, 4) is 0 Å². The van der Waals surface area contributed by atoms with E-state index in [1.165, 1.54) is 4.88 Å². The molecule has 0 aromatic carbocycles. The molecule has 1 aromatic heterocycles. The van der Waals surface area contributed by atoms with E-state index in [1.54, 1.807) is 18.4 Å². The predicted octanol–water partition coefficient (Wildman–Crippen LogP) is 3.09. The summed E-state index contributed by atoms with van der Waals surface area (Å²) < 4.78 is 6.40. The van der Waals surface area contributed by atoms with Crippen LogP contribution < -0.4 is 0 Å². The summed E-state index contributed by atoms with van der Waals surface area (Å²) in [7, 11) is 1.65. The molecule has 0 aliphatic rings. The lowest BCUT2D eigenvalue weighted by Gasteiger charge is -2.24. The van der Waals surface area contributed by atoms with Crippen LogP contribution in [0.25, 0.3) is 0 Å². The van der Waals surface area contributed by atoms with Crippen molar-refractivity contribution in [3.63, 3.8) is 0 Å². The first-order valence-electron chi connectivity index (χ1n) is 4.99. The summed E-state index contributed by atoms with van der Waals surface area (Å²) in [6.07, 6.45) is 0.138. The first-order valence-corrected chi connectivity index (χ1v) is 6.60. The van der Waals surface area contributed by atoms with Gasteiger partial charge in [-0.15, -0.1) is 11.3 Å². The Morgan fingerprint density at radius 2 is 2.13 bits per heavy atom. The zero-order valence-corrected chi connectivity index (χ0v) is 11.6. The monoisotopic (exact) mass is 292 g/mol. The highest BCUT2D eigenvalue weighted by Crippen LogP contribution is 2.24. The van der Waals surface area contributed by atoms with Gasteiger partial charge >= 0.3 is 0 Å². The second-order valence-electron chi connectivity index (χ2n) is 3.92. The molecule has 1 heterocycles. The number of halogens is 1. The highest BCUT2D eigenvalue weighted by Gasteiger charge is 2.22. The largest absolute Gasteiger partial charge is 0.390 e. The minimum absolute atomic E-state index is 0.0918. The van der Waals surface area contributed by atoms with Gasteiger partial charge in [-0.05, 0) is 34.0 Å². The molecular weight excluding hydrogens is 276 g/mol. The van der Waals surface area contributed by atoms with E-state index in [-0.39, 0.29) is 6.10 Å². The molecular formula is C11H17BrO2S. The van der Waals surface area contributed by atoms with Crippen molar-refractivity contribution in [2.24, 2.45) is 5.92 Å². The third-order valence-electron chi connectivity index (χ3n) is 2.35. The fraction of sp³-hybridized carbons (Fsp3) is 0.636. The van der Waals surface area contributed by atoms with Gasteiger partial charge in [0.2, 0.25) is 0 Å². The lowest BCUT2D eigenvalue weighted by Crippen LogP contribution is -2.34. The Hall–Kier alpha value is 0.1000. The Labute approximate surface area is 103 Å². The maximum Gasteiger partial charge on any atom is 0.0856 e. The number of hydrogen-bond acceptors (Lipinski definition) is 3. The Bertz CT molecular complexity index is 299. The molecule has 2 atom stereocenters. The average molecular weight is 293 g/mol. The Kier molecular flexibility index (Phi) is 5.26. The van der Waals surface area contributed by atoms with Crippen molar-refractivity contribution < 1.29 is 9.84 Å². The van der Waals surface area contributed by atoms with Crippen LogP contribution in [0.4, 0.5) is 0 Å². The second kappa shape index (κ2) is 5.99. The lowest BCUT2D eigenvalue weighted by atomic mass is 9.99. The average Bonchev–Trinajstić information content (AvgIpc) is 2.51. The van der Waals surface area contributed by atoms with Crippen LogP contribution in [0.5, 0.6) is 0 Å². The van der Waals surface area contributed by atoms with Crippen molar-refractivity contribution in [1.29, 1.82) is 0 Å². The van der Waals surface area contributed by atoms with E-state index in [1.807, 2.05) is 12.1 Å². The molecule has 15 heavy (non-hydrogen) atoms. The molecule has 0 amide bonds. The molecule has 1 N–H and O–H groups in total. The first-order chi connectivity index (χ1) is 7.04. The maximum absolute atomic E-state index is 10.0. The van der Waals surface area contributed by atoms with Gasteiger partial charge in [0.25, 0.3) is 0 Å². The summed E-state index contributed by atoms with van der Waals surface area (Å²) >= 11 is 5.07. The minimum Gasteiger partial charge on any atom is -0.390 e. The zero-order chi connectivity index (χ0) is 11.4. The van der Waals surface area contributed by atoms with Crippen molar-refractivity contribution in [2.75, 3.05) is 7.11 Å². The van der Waals surface area contributed by atoms with Gasteiger partial charge in [-0.3, -0.25) is 0 Å². The molecule has 4 heteroatoms. The normalized spacial score (nSPS) is 15.6. The maximum atomic E-state index is 10.0. The van der Waals surface area contributed by atoms with Crippen LogP contribution in [-0.2, 0) is 11.2 Å². The van der Waals surface area contributed by atoms with Crippen molar-refractivity contribution in [2.45, 2.75) is 32.5 Å². The highest BCUT2D eigenvalue weighted by atomic mass is 79.9. The molecule has 1 rings (SSSR count). The van der Waals surface area contributed by atoms with E-state index < -0.39 is 6.10 Å². The fourth-order valence-electron chi connectivity index (χ4n) is 1.66. The summed E-state index contributed by atoms with van der Waals surface area (Å²) in [5.41, 5.74) is 0. The van der Waals surface area contributed by atoms with Gasteiger partial charge < -0.3 is 9.84 Å². The van der Waals surface area contributed by atoms with E-state index in [9.17, 15) is 5.11 Å². The number of methoxy groups -OCH3 is 1. The van der Waals surface area contributed by atoms with E-state index in [4.69, 9.17) is 4.74 Å². The number of aliphatic hydroxyl groups excluding tert-OH is 1. The van der Waals surface area contributed by atoms with Crippen molar-refractivity contribution >= 4 is 27.3 Å². The Morgan fingerprint density at radius 3 is 2.53 bits per heavy atom. The molecule has 0 spiro atoms. The van der Waals surface area contributed by atoms with Crippen LogP contribution in [-0.4, -0.2) is 24.4 Å². The van der Waals surface area contributed by atoms with E-state index in [0.29, 0.717) is 12.3 Å². The molecule has 0 saturated heterocycles. The van der Waals surface area contributed by atoms with Gasteiger partial charge in [-0.1, -0.05) is 13.8 Å². The quantitative estimate of drug-likeness (QED) is 0.904. The summed E-state index contributed by atoms with van der Waals surface area (Å²) in [5.74, 6) is 0.327. The van der Waals surface area contributed by atoms with Crippen LogP contribution in [0, 0.1) is 5.92 Å². The first kappa shape index (κ1) is 13.2. The molecule has 0 saturated carbocycles. The molecule has 0 bridgehead atoms. The fourth-order valence-corrected chi connectivity index (χ4v) is 3.19. The molecule has 0 aliphatic heterocycles. The molecule has 2 unspecified atom stereocenters. The third-order valence-corrected chi connectivity index (χ3v) is 3.99. The summed E-state index contributed by atoms with van der Waals surface area (Å²) in [4.78, 5) is 1.18. The lowest BCUT2D eigenvalue weighted by molar-refractivity contribution is -0.0364. The smallest absolute Gasteiger partial charge is 0.0856 e. The van der Waals surface area contributed by atoms with Crippen LogP contribution in [0.2, 0.25) is 0 Å². The minimum atomic E-state index is -0.430. The van der Waals surface area contributed by atoms with Crippen LogP contribution in [0.1, 0.15) is 18.7 Å². The van der Waals surface area contributed by atoms with Crippen molar-refractivity contribution in [3.05, 3.63) is 20.8 Å². The SMILES string of the molecule is COC(C(C)C)C(O)Cc1ccc(Br)s1. The standard InChI is InChI=1S/C11H17BrO2S/c1-7(2)11(14-3)9(13)6-8-4-5-10(12)15-8/h4-5,7,9,11,13H,6H2,1-3H3. The second-order valence-corrected chi connectivity index (χ2v) is 6.47. The highest BCUT2D eigenvalue weighted by molar-refractivity contribution is 9.11. The van der Waals surface area contributed by atoms with E-state index in [0.717, 1.165) is 3.79 Å². The van der Waals surface area contributed by atoms with Gasteiger partial charge in [-0.2, -0.15) is 0 Å². The molecule has 0 radical (unpaired) electrons. The molecule has 0 aliphatic carbocycles. The summed E-state index contributed by atoms with van der Waals surface area (Å²) in [6.45, 7) is 4.11. The number of thiophene rings is 1. The zero-order valence-electron chi connectivity index (χ0n) is 9.24. The van der Waals surface area contributed by atoms with Crippen molar-refractivity contribution in [1.82, 2.24) is 0 Å². The topological polar surface area (TPSA) is 29.5 Å². The molecule has 0 fully saturated rings. The summed E-state index contributed by atoms with van der Waals surface area (Å²) in [5, 5.41) is 10.0. The van der Waals surface area contributed by atoms with Gasteiger partial charge in [0.15, 0.2) is 0 Å². The van der Waals surface area contributed by atoms with E-state index in [2.05, 4.69) is 29.8 Å². The number of ether oxygens (including phenoxy) is 1. The molecule has 1 aromatic rings. The predicted molar refractivity (Wildman–Crippen MR) is 67.4 cm³/mol. The number of rotatable bonds is 5. The molecule has 86 valence electrons. The van der Waals surface area contributed by atoms with Crippen LogP contribution in [0.15, 0.2) is 15.9 Å². The van der Waals surface area contributed by atoms with Gasteiger partial charge in [0.05, 0.1) is 16.0 Å². The number of hydrogen-bond donors (Lipinski definition) is 1. The molecule has 2 nitrogen and oxygen atoms in total. The van der Waals surface area contributed by atoms with Crippen LogP contribution >= 0.6 is 27.3 Å². The van der Waals surface area contributed by atoms with E-state index >= 15 is 0 Å². The van der Waals surface area contributed by atoms with Gasteiger partial charge in [-0.25, -0.2) is 0 Å².